The predicted octanol–water partition coefficient (Wildman–Crippen LogP) is 1.53. The first-order valence-electron chi connectivity index (χ1n) is 5.79. The van der Waals surface area contributed by atoms with Crippen LogP contribution in [0.15, 0.2) is 12.2 Å². The molecule has 17 heavy (non-hydrogen) atoms. The topological polar surface area (TPSA) is 59.1 Å². The van der Waals surface area contributed by atoms with Gasteiger partial charge >= 0.3 is 12.2 Å². The number of fused-ring (bicyclic) bond motifs is 2. The average molecular weight is 240 g/mol. The second kappa shape index (κ2) is 4.65. The van der Waals surface area contributed by atoms with E-state index >= 15 is 0 Å². The molecule has 2 rings (SSSR count). The lowest BCUT2D eigenvalue weighted by Crippen LogP contribution is -2.52. The normalized spacial score (nSPS) is 25.3. The third-order valence-corrected chi connectivity index (χ3v) is 2.81. The molecule has 6 heteroatoms. The Morgan fingerprint density at radius 2 is 1.47 bits per heavy atom. The molecular weight excluding hydrogens is 224 g/mol. The van der Waals surface area contributed by atoms with Crippen molar-refractivity contribution in [2.75, 3.05) is 13.2 Å². The minimum absolute atomic E-state index is 0.0940. The van der Waals surface area contributed by atoms with Crippen LogP contribution >= 0.6 is 0 Å². The van der Waals surface area contributed by atoms with Gasteiger partial charge in [-0.1, -0.05) is 12.2 Å². The molecule has 2 amide bonds. The van der Waals surface area contributed by atoms with Crippen LogP contribution in [0.3, 0.4) is 0 Å². The Kier molecular flexibility index (Phi) is 3.21. The highest BCUT2D eigenvalue weighted by molar-refractivity contribution is 5.76. The zero-order chi connectivity index (χ0) is 12.4. The Balaban J connectivity index is 2.14. The number of hydrogen-bond acceptors (Lipinski definition) is 4. The molecule has 0 aromatic rings. The monoisotopic (exact) mass is 240 g/mol. The SMILES string of the molecule is CCOC(=O)N1[C@@H]2C=C[C@@H](C2)N1C(=O)OCC. The number of rotatable bonds is 2. The number of hydrogen-bond donors (Lipinski definition) is 0. The molecule has 0 aromatic carbocycles. The molecular formula is C11H16N2O4. The van der Waals surface area contributed by atoms with Crippen LogP contribution in [0.1, 0.15) is 20.3 Å². The summed E-state index contributed by atoms with van der Waals surface area (Å²) in [4.78, 5) is 23.5. The van der Waals surface area contributed by atoms with Gasteiger partial charge in [-0.25, -0.2) is 19.6 Å². The highest BCUT2D eigenvalue weighted by Crippen LogP contribution is 2.33. The van der Waals surface area contributed by atoms with Gasteiger partial charge in [-0.2, -0.15) is 0 Å². The molecule has 6 nitrogen and oxygen atoms in total. The highest BCUT2D eigenvalue weighted by atomic mass is 16.6. The van der Waals surface area contributed by atoms with Gasteiger partial charge in [0.05, 0.1) is 25.3 Å². The minimum Gasteiger partial charge on any atom is -0.448 e. The summed E-state index contributed by atoms with van der Waals surface area (Å²) in [6.45, 7) is 4.04. The molecule has 2 atom stereocenters. The van der Waals surface area contributed by atoms with E-state index in [0.717, 1.165) is 6.42 Å². The van der Waals surface area contributed by atoms with Crippen molar-refractivity contribution in [2.45, 2.75) is 32.4 Å². The summed E-state index contributed by atoms with van der Waals surface area (Å²) in [5, 5.41) is 2.68. The maximum atomic E-state index is 11.8. The third-order valence-electron chi connectivity index (χ3n) is 2.81. The van der Waals surface area contributed by atoms with Crippen molar-refractivity contribution in [2.24, 2.45) is 0 Å². The average Bonchev–Trinajstić information content (AvgIpc) is 2.89. The third kappa shape index (κ3) is 1.94. The molecule has 0 radical (unpaired) electrons. The summed E-state index contributed by atoms with van der Waals surface area (Å²) in [6.07, 6.45) is 3.54. The standard InChI is InChI=1S/C11H16N2O4/c1-3-16-10(14)12-8-5-6-9(7-8)13(12)11(15)17-4-2/h5-6,8-9H,3-4,7H2,1-2H3/t8-,9+. The molecule has 1 aliphatic heterocycles. The molecule has 1 aliphatic carbocycles. The van der Waals surface area contributed by atoms with Gasteiger partial charge in [-0.15, -0.1) is 0 Å². The lowest BCUT2D eigenvalue weighted by atomic mass is 10.2. The first-order valence-corrected chi connectivity index (χ1v) is 5.79. The van der Waals surface area contributed by atoms with E-state index in [-0.39, 0.29) is 25.3 Å². The lowest BCUT2D eigenvalue weighted by Gasteiger charge is -2.33. The van der Waals surface area contributed by atoms with Gasteiger partial charge in [0, 0.05) is 0 Å². The number of carbonyl (C=O) groups is 2. The Morgan fingerprint density at radius 1 is 1.06 bits per heavy atom. The number of hydrazine groups is 1. The molecule has 94 valence electrons. The molecule has 0 spiro atoms. The zero-order valence-corrected chi connectivity index (χ0v) is 9.96. The van der Waals surface area contributed by atoms with Gasteiger partial charge in [0.2, 0.25) is 0 Å². The summed E-state index contributed by atoms with van der Waals surface area (Å²) in [6, 6.07) is -0.188. The number of nitrogens with zero attached hydrogens (tertiary/aromatic N) is 2. The first kappa shape index (κ1) is 11.8. The fourth-order valence-electron chi connectivity index (χ4n) is 2.17. The van der Waals surface area contributed by atoms with Gasteiger partial charge in [0.15, 0.2) is 0 Å². The fraction of sp³-hybridized carbons (Fsp3) is 0.636. The van der Waals surface area contributed by atoms with E-state index in [2.05, 4.69) is 0 Å². The summed E-state index contributed by atoms with van der Waals surface area (Å²) in [7, 11) is 0. The van der Waals surface area contributed by atoms with Crippen LogP contribution in [0.5, 0.6) is 0 Å². The molecule has 2 aliphatic rings. The Bertz CT molecular complexity index is 323. The molecule has 0 unspecified atom stereocenters. The van der Waals surface area contributed by atoms with Crippen molar-refractivity contribution in [1.29, 1.82) is 0 Å². The van der Waals surface area contributed by atoms with Crippen molar-refractivity contribution < 1.29 is 19.1 Å². The highest BCUT2D eigenvalue weighted by Gasteiger charge is 2.47. The Labute approximate surface area is 99.7 Å². The van der Waals surface area contributed by atoms with Crippen molar-refractivity contribution in [3.8, 4) is 0 Å². The van der Waals surface area contributed by atoms with Crippen LogP contribution < -0.4 is 0 Å². The first-order chi connectivity index (χ1) is 8.19. The van der Waals surface area contributed by atoms with Crippen LogP contribution in [0.4, 0.5) is 9.59 Å². The van der Waals surface area contributed by atoms with E-state index in [9.17, 15) is 9.59 Å². The summed E-state index contributed by atoms with van der Waals surface area (Å²) in [5.74, 6) is 0. The largest absolute Gasteiger partial charge is 0.448 e. The van der Waals surface area contributed by atoms with Crippen LogP contribution in [0.2, 0.25) is 0 Å². The lowest BCUT2D eigenvalue weighted by molar-refractivity contribution is -0.0130. The Morgan fingerprint density at radius 3 is 1.82 bits per heavy atom. The smallest absolute Gasteiger partial charge is 0.429 e. The van der Waals surface area contributed by atoms with E-state index in [1.807, 2.05) is 12.2 Å². The molecule has 2 bridgehead atoms. The fourth-order valence-corrected chi connectivity index (χ4v) is 2.17. The minimum atomic E-state index is -0.502. The molecule has 0 N–H and O–H groups in total. The Hall–Kier alpha value is -1.72. The van der Waals surface area contributed by atoms with Crippen LogP contribution in [0.25, 0.3) is 0 Å². The van der Waals surface area contributed by atoms with Crippen molar-refractivity contribution in [1.82, 2.24) is 10.0 Å². The van der Waals surface area contributed by atoms with Crippen molar-refractivity contribution in [3.63, 3.8) is 0 Å². The number of amides is 2. The van der Waals surface area contributed by atoms with E-state index < -0.39 is 12.2 Å². The quantitative estimate of drug-likeness (QED) is 0.687. The number of ether oxygens (including phenoxy) is 2. The molecule has 0 saturated carbocycles. The summed E-state index contributed by atoms with van der Waals surface area (Å²) >= 11 is 0. The maximum absolute atomic E-state index is 11.8. The van der Waals surface area contributed by atoms with Crippen molar-refractivity contribution in [3.05, 3.63) is 12.2 Å². The summed E-state index contributed by atoms with van der Waals surface area (Å²) < 4.78 is 9.88. The molecule has 0 aromatic heterocycles. The van der Waals surface area contributed by atoms with Gasteiger partial charge in [-0.05, 0) is 20.3 Å². The van der Waals surface area contributed by atoms with Crippen LogP contribution in [0, 0.1) is 0 Å². The van der Waals surface area contributed by atoms with E-state index in [1.54, 1.807) is 13.8 Å². The van der Waals surface area contributed by atoms with Crippen molar-refractivity contribution >= 4 is 12.2 Å². The molecule has 1 heterocycles. The van der Waals surface area contributed by atoms with E-state index in [4.69, 9.17) is 9.47 Å². The molecule has 1 fully saturated rings. The molecule has 1 saturated heterocycles. The van der Waals surface area contributed by atoms with Gasteiger partial charge in [0.25, 0.3) is 0 Å². The maximum Gasteiger partial charge on any atom is 0.429 e. The zero-order valence-electron chi connectivity index (χ0n) is 9.96. The van der Waals surface area contributed by atoms with Gasteiger partial charge in [0.1, 0.15) is 0 Å². The van der Waals surface area contributed by atoms with E-state index in [0.29, 0.717) is 0 Å². The number of carbonyl (C=O) groups excluding carboxylic acids is 2. The summed E-state index contributed by atoms with van der Waals surface area (Å²) in [5.41, 5.74) is 0. The van der Waals surface area contributed by atoms with Gasteiger partial charge in [-0.3, -0.25) is 0 Å². The van der Waals surface area contributed by atoms with Crippen LogP contribution in [-0.2, 0) is 9.47 Å². The second-order valence-electron chi connectivity index (χ2n) is 3.84. The van der Waals surface area contributed by atoms with Crippen LogP contribution in [-0.4, -0.2) is 47.5 Å². The second-order valence-corrected chi connectivity index (χ2v) is 3.84. The van der Waals surface area contributed by atoms with E-state index in [1.165, 1.54) is 10.0 Å². The predicted molar refractivity (Wildman–Crippen MR) is 59.1 cm³/mol. The van der Waals surface area contributed by atoms with Gasteiger partial charge < -0.3 is 9.47 Å².